The summed E-state index contributed by atoms with van der Waals surface area (Å²) < 4.78 is 23.2. The molecule has 1 aliphatic heterocycles. The predicted molar refractivity (Wildman–Crippen MR) is 104 cm³/mol. The van der Waals surface area contributed by atoms with Crippen molar-refractivity contribution in [3.8, 4) is 23.0 Å². The Bertz CT molecular complexity index is 822. The second kappa shape index (κ2) is 8.84. The molecule has 0 amide bonds. The van der Waals surface area contributed by atoms with Crippen molar-refractivity contribution in [2.75, 3.05) is 34.4 Å². The molecule has 0 radical (unpaired) electrons. The minimum atomic E-state index is -1.20. The first kappa shape index (κ1) is 19.8. The first-order valence-corrected chi connectivity index (χ1v) is 9.11. The second-order valence-electron chi connectivity index (χ2n) is 6.75. The molecule has 2 atom stereocenters. The van der Waals surface area contributed by atoms with E-state index in [0.29, 0.717) is 35.2 Å². The highest BCUT2D eigenvalue weighted by molar-refractivity contribution is 5.75. The molecule has 0 saturated carbocycles. The van der Waals surface area contributed by atoms with Gasteiger partial charge in [0.15, 0.2) is 29.1 Å². The molecule has 1 N–H and O–H groups in total. The van der Waals surface area contributed by atoms with Crippen LogP contribution in [0.5, 0.6) is 23.0 Å². The van der Waals surface area contributed by atoms with E-state index in [1.165, 1.54) is 0 Å². The molecule has 1 aliphatic rings. The smallest absolute Gasteiger partial charge is 0.349 e. The molecule has 0 aromatic heterocycles. The Kier molecular flexibility index (Phi) is 6.26. The third-order valence-electron chi connectivity index (χ3n) is 4.41. The van der Waals surface area contributed by atoms with Gasteiger partial charge >= 0.3 is 5.97 Å². The van der Waals surface area contributed by atoms with Gasteiger partial charge < -0.3 is 29.0 Å². The van der Waals surface area contributed by atoms with Crippen LogP contribution in [0.4, 0.5) is 0 Å². The summed E-state index contributed by atoms with van der Waals surface area (Å²) in [4.78, 5) is 13.9. The molecule has 150 valence electrons. The molecule has 0 spiro atoms. The summed E-state index contributed by atoms with van der Waals surface area (Å²) in [5, 5.41) is 9.71. The summed E-state index contributed by atoms with van der Waals surface area (Å²) in [6, 6.07) is 12.4. The van der Waals surface area contributed by atoms with Crippen LogP contribution < -0.4 is 18.9 Å². The highest BCUT2D eigenvalue weighted by Crippen LogP contribution is 2.44. The van der Waals surface area contributed by atoms with Crippen LogP contribution in [-0.4, -0.2) is 56.4 Å². The topological polar surface area (TPSA) is 77.5 Å². The number of hydrogen-bond donors (Lipinski definition) is 1. The number of rotatable bonds is 8. The fourth-order valence-corrected chi connectivity index (χ4v) is 3.08. The number of carbonyl (C=O) groups is 1. The van der Waals surface area contributed by atoms with E-state index in [9.17, 15) is 9.90 Å². The van der Waals surface area contributed by atoms with Gasteiger partial charge in [0.2, 0.25) is 6.10 Å². The number of methoxy groups -OCH3 is 1. The van der Waals surface area contributed by atoms with Crippen LogP contribution in [0.15, 0.2) is 42.5 Å². The molecule has 0 fully saturated rings. The molecule has 2 aromatic carbocycles. The van der Waals surface area contributed by atoms with Crippen LogP contribution in [0, 0.1) is 0 Å². The van der Waals surface area contributed by atoms with Crippen LogP contribution in [0.1, 0.15) is 18.1 Å². The zero-order valence-corrected chi connectivity index (χ0v) is 16.3. The fraction of sp³-hybridized carbons (Fsp3) is 0.381. The predicted octanol–water partition coefficient (Wildman–Crippen LogP) is 2.99. The van der Waals surface area contributed by atoms with E-state index in [2.05, 4.69) is 4.90 Å². The quantitative estimate of drug-likeness (QED) is 0.698. The standard InChI is InChI=1S/C21H25NO6/c1-22(2)12-7-13-26-18-14(8-6-11-17(18)25-3)19-20(21(23)24)28-16-10-5-4-9-15(16)27-19/h4-6,8-11,19-20H,7,12-13H2,1-3H3,(H,23,24). The lowest BCUT2D eigenvalue weighted by Gasteiger charge is -2.32. The summed E-state index contributed by atoms with van der Waals surface area (Å²) in [5.74, 6) is 0.784. The fourth-order valence-electron chi connectivity index (χ4n) is 3.08. The van der Waals surface area contributed by atoms with Gasteiger partial charge in [-0.25, -0.2) is 4.79 Å². The lowest BCUT2D eigenvalue weighted by atomic mass is 10.0. The summed E-state index contributed by atoms with van der Waals surface area (Å²) >= 11 is 0. The minimum absolute atomic E-state index is 0.405. The normalized spacial score (nSPS) is 18.0. The van der Waals surface area contributed by atoms with Crippen LogP contribution >= 0.6 is 0 Å². The van der Waals surface area contributed by atoms with E-state index in [-0.39, 0.29) is 0 Å². The number of nitrogens with zero attached hydrogens (tertiary/aromatic N) is 1. The zero-order chi connectivity index (χ0) is 20.1. The highest BCUT2D eigenvalue weighted by Gasteiger charge is 2.40. The number of ether oxygens (including phenoxy) is 4. The van der Waals surface area contributed by atoms with Crippen molar-refractivity contribution in [1.82, 2.24) is 4.90 Å². The molecular weight excluding hydrogens is 362 g/mol. The van der Waals surface area contributed by atoms with Crippen LogP contribution in [0.2, 0.25) is 0 Å². The average Bonchev–Trinajstić information content (AvgIpc) is 2.69. The lowest BCUT2D eigenvalue weighted by Crippen LogP contribution is -2.39. The van der Waals surface area contributed by atoms with E-state index in [1.807, 2.05) is 20.2 Å². The van der Waals surface area contributed by atoms with Gasteiger partial charge in [0.1, 0.15) is 0 Å². The van der Waals surface area contributed by atoms with Gasteiger partial charge in [-0.15, -0.1) is 0 Å². The first-order valence-electron chi connectivity index (χ1n) is 9.11. The maximum atomic E-state index is 11.9. The minimum Gasteiger partial charge on any atom is -0.493 e. The van der Waals surface area contributed by atoms with E-state index < -0.39 is 18.2 Å². The number of fused-ring (bicyclic) bond motifs is 1. The number of para-hydroxylation sites is 3. The van der Waals surface area contributed by atoms with Crippen molar-refractivity contribution in [3.63, 3.8) is 0 Å². The van der Waals surface area contributed by atoms with E-state index >= 15 is 0 Å². The van der Waals surface area contributed by atoms with Gasteiger partial charge in [0.25, 0.3) is 0 Å². The van der Waals surface area contributed by atoms with Crippen LogP contribution in [0.25, 0.3) is 0 Å². The SMILES string of the molecule is COc1cccc(C2Oc3ccccc3OC2C(=O)O)c1OCCCN(C)C. The van der Waals surface area contributed by atoms with Gasteiger partial charge in [-0.2, -0.15) is 0 Å². The summed E-state index contributed by atoms with van der Waals surface area (Å²) in [5.41, 5.74) is 0.575. The Morgan fingerprint density at radius 3 is 2.46 bits per heavy atom. The maximum Gasteiger partial charge on any atom is 0.349 e. The van der Waals surface area contributed by atoms with Crippen LogP contribution in [0.3, 0.4) is 0 Å². The first-order chi connectivity index (χ1) is 13.5. The van der Waals surface area contributed by atoms with Gasteiger partial charge in [0, 0.05) is 12.1 Å². The van der Waals surface area contributed by atoms with Gasteiger partial charge in [0.05, 0.1) is 13.7 Å². The number of carboxylic acids is 1. The van der Waals surface area contributed by atoms with Gasteiger partial charge in [-0.05, 0) is 38.7 Å². The molecule has 0 aliphatic carbocycles. The summed E-state index contributed by atoms with van der Waals surface area (Å²) in [7, 11) is 5.54. The monoisotopic (exact) mass is 387 g/mol. The molecule has 0 bridgehead atoms. The van der Waals surface area contributed by atoms with E-state index in [1.54, 1.807) is 43.5 Å². The van der Waals surface area contributed by atoms with Crippen molar-refractivity contribution in [1.29, 1.82) is 0 Å². The number of hydrogen-bond acceptors (Lipinski definition) is 6. The van der Waals surface area contributed by atoms with Crippen molar-refractivity contribution in [3.05, 3.63) is 48.0 Å². The maximum absolute atomic E-state index is 11.9. The largest absolute Gasteiger partial charge is 0.493 e. The molecule has 0 saturated heterocycles. The van der Waals surface area contributed by atoms with Gasteiger partial charge in [-0.3, -0.25) is 0 Å². The Hall–Kier alpha value is -2.93. The van der Waals surface area contributed by atoms with Crippen molar-refractivity contribution in [2.45, 2.75) is 18.6 Å². The van der Waals surface area contributed by atoms with Crippen molar-refractivity contribution >= 4 is 5.97 Å². The number of carboxylic acid groups (broad SMARTS) is 1. The Morgan fingerprint density at radius 1 is 1.11 bits per heavy atom. The van der Waals surface area contributed by atoms with E-state index in [0.717, 1.165) is 13.0 Å². The molecule has 7 nitrogen and oxygen atoms in total. The Balaban J connectivity index is 1.93. The summed E-state index contributed by atoms with van der Waals surface area (Å²) in [6.07, 6.45) is -1.25. The zero-order valence-electron chi connectivity index (χ0n) is 16.3. The van der Waals surface area contributed by atoms with Crippen molar-refractivity contribution < 1.29 is 28.8 Å². The Morgan fingerprint density at radius 2 is 1.82 bits per heavy atom. The van der Waals surface area contributed by atoms with Crippen LogP contribution in [-0.2, 0) is 4.79 Å². The molecular formula is C21H25NO6. The number of benzene rings is 2. The summed E-state index contributed by atoms with van der Waals surface area (Å²) in [6.45, 7) is 1.34. The number of aliphatic carboxylic acids is 1. The second-order valence-corrected chi connectivity index (χ2v) is 6.75. The molecule has 1 heterocycles. The molecule has 3 rings (SSSR count). The highest BCUT2D eigenvalue weighted by atomic mass is 16.6. The third kappa shape index (κ3) is 4.31. The molecule has 7 heteroatoms. The molecule has 28 heavy (non-hydrogen) atoms. The average molecular weight is 387 g/mol. The van der Waals surface area contributed by atoms with E-state index in [4.69, 9.17) is 18.9 Å². The Labute approximate surface area is 164 Å². The van der Waals surface area contributed by atoms with Gasteiger partial charge in [-0.1, -0.05) is 24.3 Å². The van der Waals surface area contributed by atoms with Crippen molar-refractivity contribution in [2.24, 2.45) is 0 Å². The molecule has 2 aromatic rings. The molecule has 2 unspecified atom stereocenters. The lowest BCUT2D eigenvalue weighted by molar-refractivity contribution is -0.151. The third-order valence-corrected chi connectivity index (χ3v) is 4.41.